The molecule has 2 heterocycles. The fraction of sp³-hybridized carbons (Fsp3) is 0.174. The van der Waals surface area contributed by atoms with Gasteiger partial charge in [0.25, 0.3) is 0 Å². The van der Waals surface area contributed by atoms with E-state index in [2.05, 4.69) is 32.4 Å². The van der Waals surface area contributed by atoms with Crippen LogP contribution in [0.4, 0.5) is 5.69 Å². The molecule has 2 aromatic carbocycles. The van der Waals surface area contributed by atoms with Crippen LogP contribution in [-0.4, -0.2) is 36.4 Å². The molecule has 1 amide bonds. The van der Waals surface area contributed by atoms with Gasteiger partial charge in [-0.05, 0) is 43.2 Å². The van der Waals surface area contributed by atoms with Crippen molar-refractivity contribution in [1.29, 1.82) is 0 Å². The highest BCUT2D eigenvalue weighted by Crippen LogP contribution is 2.27. The summed E-state index contributed by atoms with van der Waals surface area (Å²) in [5.74, 6) is 0.684. The van der Waals surface area contributed by atoms with E-state index in [9.17, 15) is 4.79 Å². The number of rotatable bonds is 7. The minimum Gasteiger partial charge on any atom is -0.325 e. The van der Waals surface area contributed by atoms with Gasteiger partial charge in [0.2, 0.25) is 5.91 Å². The van der Waals surface area contributed by atoms with E-state index in [1.54, 1.807) is 18.6 Å². The molecule has 0 aliphatic heterocycles. The van der Waals surface area contributed by atoms with Gasteiger partial charge in [0.05, 0.1) is 11.9 Å². The number of nitrogens with one attached hydrogen (secondary N) is 1. The number of aryl methyl sites for hydroxylation is 2. The summed E-state index contributed by atoms with van der Waals surface area (Å²) >= 11 is 1.33. The number of thioether (sulfide) groups is 1. The zero-order valence-electron chi connectivity index (χ0n) is 17.3. The molecule has 4 aromatic rings. The lowest BCUT2D eigenvalue weighted by molar-refractivity contribution is -0.113. The van der Waals surface area contributed by atoms with Gasteiger partial charge in [0.1, 0.15) is 5.69 Å². The molecule has 156 valence electrons. The molecule has 8 heteroatoms. The number of nitrogens with zero attached hydrogens (tertiary/aromatic N) is 5. The number of aromatic nitrogens is 5. The van der Waals surface area contributed by atoms with Crippen LogP contribution in [0.25, 0.3) is 17.2 Å². The lowest BCUT2D eigenvalue weighted by Gasteiger charge is -2.10. The van der Waals surface area contributed by atoms with Crippen LogP contribution in [0.1, 0.15) is 18.1 Å². The molecule has 0 bridgehead atoms. The number of carbonyl (C=O) groups excluding carboxylic acids is 1. The molecule has 4 rings (SSSR count). The van der Waals surface area contributed by atoms with Gasteiger partial charge in [-0.3, -0.25) is 14.3 Å². The second kappa shape index (κ2) is 9.53. The van der Waals surface area contributed by atoms with Crippen LogP contribution in [0.2, 0.25) is 0 Å². The smallest absolute Gasteiger partial charge is 0.234 e. The molecule has 0 unspecified atom stereocenters. The Morgan fingerprint density at radius 3 is 2.48 bits per heavy atom. The lowest BCUT2D eigenvalue weighted by atomic mass is 10.1. The molecule has 0 spiro atoms. The van der Waals surface area contributed by atoms with Crippen molar-refractivity contribution in [2.45, 2.75) is 25.4 Å². The number of carbonyl (C=O) groups is 1. The standard InChI is InChI=1S/C23H22N6OS/c1-3-17-6-8-18(9-7-17)26-21(30)15-31-23-28-27-22(20-14-24-12-13-25-20)29(23)19-10-4-16(2)5-11-19/h4-14H,3,15H2,1-2H3,(H,26,30). The third-order valence-electron chi connectivity index (χ3n) is 4.70. The third kappa shape index (κ3) is 4.97. The van der Waals surface area contributed by atoms with Crippen LogP contribution < -0.4 is 5.32 Å². The van der Waals surface area contributed by atoms with Crippen molar-refractivity contribution in [2.75, 3.05) is 11.1 Å². The molecule has 0 fully saturated rings. The summed E-state index contributed by atoms with van der Waals surface area (Å²) in [6.45, 7) is 4.14. The first-order chi connectivity index (χ1) is 15.1. The van der Waals surface area contributed by atoms with Crippen LogP contribution in [-0.2, 0) is 11.2 Å². The summed E-state index contributed by atoms with van der Waals surface area (Å²) in [6.07, 6.45) is 5.85. The van der Waals surface area contributed by atoms with Crippen molar-refractivity contribution in [3.05, 3.63) is 78.2 Å². The van der Waals surface area contributed by atoms with E-state index in [0.29, 0.717) is 16.7 Å². The van der Waals surface area contributed by atoms with E-state index < -0.39 is 0 Å². The minimum absolute atomic E-state index is 0.103. The molecular weight excluding hydrogens is 408 g/mol. The molecule has 2 aromatic heterocycles. The second-order valence-corrected chi connectivity index (χ2v) is 7.90. The van der Waals surface area contributed by atoms with Gasteiger partial charge in [-0.15, -0.1) is 10.2 Å². The molecule has 0 radical (unpaired) electrons. The Kier molecular flexibility index (Phi) is 6.37. The Labute approximate surface area is 185 Å². The highest BCUT2D eigenvalue weighted by atomic mass is 32.2. The fourth-order valence-electron chi connectivity index (χ4n) is 3.02. The Morgan fingerprint density at radius 1 is 1.03 bits per heavy atom. The summed E-state index contributed by atoms with van der Waals surface area (Å²) in [6, 6.07) is 15.9. The predicted molar refractivity (Wildman–Crippen MR) is 122 cm³/mol. The van der Waals surface area contributed by atoms with Crippen molar-refractivity contribution in [3.8, 4) is 17.2 Å². The highest BCUT2D eigenvalue weighted by molar-refractivity contribution is 7.99. The van der Waals surface area contributed by atoms with E-state index in [1.807, 2.05) is 60.0 Å². The monoisotopic (exact) mass is 430 g/mol. The number of hydrogen-bond donors (Lipinski definition) is 1. The summed E-state index contributed by atoms with van der Waals surface area (Å²) < 4.78 is 1.90. The van der Waals surface area contributed by atoms with Crippen LogP contribution in [0, 0.1) is 6.92 Å². The Hall–Kier alpha value is -3.52. The van der Waals surface area contributed by atoms with Gasteiger partial charge >= 0.3 is 0 Å². The summed E-state index contributed by atoms with van der Waals surface area (Å²) in [7, 11) is 0. The Morgan fingerprint density at radius 2 is 1.81 bits per heavy atom. The molecule has 31 heavy (non-hydrogen) atoms. The number of anilines is 1. The van der Waals surface area contributed by atoms with Crippen LogP contribution in [0.3, 0.4) is 0 Å². The van der Waals surface area contributed by atoms with Gasteiger partial charge in [0, 0.05) is 23.8 Å². The van der Waals surface area contributed by atoms with Crippen molar-refractivity contribution in [2.24, 2.45) is 0 Å². The number of amides is 1. The van der Waals surface area contributed by atoms with E-state index in [4.69, 9.17) is 0 Å². The molecule has 7 nitrogen and oxygen atoms in total. The van der Waals surface area contributed by atoms with Crippen LogP contribution in [0.15, 0.2) is 72.3 Å². The SMILES string of the molecule is CCc1ccc(NC(=O)CSc2nnc(-c3cnccn3)n2-c2ccc(C)cc2)cc1. The zero-order valence-corrected chi connectivity index (χ0v) is 18.1. The Balaban J connectivity index is 1.55. The third-order valence-corrected chi connectivity index (χ3v) is 5.63. The van der Waals surface area contributed by atoms with Crippen molar-refractivity contribution in [3.63, 3.8) is 0 Å². The maximum Gasteiger partial charge on any atom is 0.234 e. The normalized spacial score (nSPS) is 10.8. The summed E-state index contributed by atoms with van der Waals surface area (Å²) in [5.41, 5.74) is 4.68. The second-order valence-electron chi connectivity index (χ2n) is 6.96. The average Bonchev–Trinajstić information content (AvgIpc) is 3.23. The van der Waals surface area contributed by atoms with Crippen LogP contribution >= 0.6 is 11.8 Å². The van der Waals surface area contributed by atoms with E-state index in [1.165, 1.54) is 17.3 Å². The van der Waals surface area contributed by atoms with E-state index in [0.717, 1.165) is 23.4 Å². The number of hydrogen-bond acceptors (Lipinski definition) is 6. The van der Waals surface area contributed by atoms with Gasteiger partial charge in [-0.1, -0.05) is 48.5 Å². The van der Waals surface area contributed by atoms with Gasteiger partial charge in [-0.2, -0.15) is 0 Å². The van der Waals surface area contributed by atoms with E-state index in [-0.39, 0.29) is 11.7 Å². The lowest BCUT2D eigenvalue weighted by Crippen LogP contribution is -2.14. The molecule has 0 atom stereocenters. The molecule has 1 N–H and O–H groups in total. The topological polar surface area (TPSA) is 85.6 Å². The van der Waals surface area contributed by atoms with Crippen molar-refractivity contribution in [1.82, 2.24) is 24.7 Å². The maximum atomic E-state index is 12.5. The van der Waals surface area contributed by atoms with Gasteiger partial charge < -0.3 is 5.32 Å². The first kappa shape index (κ1) is 20.7. The van der Waals surface area contributed by atoms with Crippen LogP contribution in [0.5, 0.6) is 0 Å². The average molecular weight is 431 g/mol. The van der Waals surface area contributed by atoms with Gasteiger partial charge in [-0.25, -0.2) is 4.98 Å². The first-order valence-electron chi connectivity index (χ1n) is 9.94. The van der Waals surface area contributed by atoms with Crippen molar-refractivity contribution < 1.29 is 4.79 Å². The van der Waals surface area contributed by atoms with Gasteiger partial charge in [0.15, 0.2) is 11.0 Å². The molecule has 0 aliphatic rings. The molecule has 0 aliphatic carbocycles. The Bertz CT molecular complexity index is 1160. The van der Waals surface area contributed by atoms with Crippen molar-refractivity contribution >= 4 is 23.4 Å². The molecule has 0 saturated heterocycles. The highest BCUT2D eigenvalue weighted by Gasteiger charge is 2.18. The quantitative estimate of drug-likeness (QED) is 0.439. The van der Waals surface area contributed by atoms with E-state index >= 15 is 0 Å². The molecular formula is C23H22N6OS. The largest absolute Gasteiger partial charge is 0.325 e. The molecule has 0 saturated carbocycles. The zero-order chi connectivity index (χ0) is 21.6. The summed E-state index contributed by atoms with van der Waals surface area (Å²) in [5, 5.41) is 12.2. The minimum atomic E-state index is -0.103. The first-order valence-corrected chi connectivity index (χ1v) is 10.9. The fourth-order valence-corrected chi connectivity index (χ4v) is 3.77. The summed E-state index contributed by atoms with van der Waals surface area (Å²) in [4.78, 5) is 21.0. The number of benzene rings is 2. The maximum absolute atomic E-state index is 12.5. The predicted octanol–water partition coefficient (Wildman–Crippen LogP) is 4.33.